The summed E-state index contributed by atoms with van der Waals surface area (Å²) >= 11 is 6.03. The number of hydrogen-bond donors (Lipinski definition) is 3. The second-order valence-electron chi connectivity index (χ2n) is 7.85. The summed E-state index contributed by atoms with van der Waals surface area (Å²) in [5.74, 6) is -0.311. The summed E-state index contributed by atoms with van der Waals surface area (Å²) in [6.07, 6.45) is 2.33. The lowest BCUT2D eigenvalue weighted by Gasteiger charge is -2.28. The summed E-state index contributed by atoms with van der Waals surface area (Å²) < 4.78 is 29.7. The van der Waals surface area contributed by atoms with Crippen LogP contribution in [0.25, 0.3) is 10.9 Å². The van der Waals surface area contributed by atoms with Crippen molar-refractivity contribution in [3.63, 3.8) is 0 Å². The van der Waals surface area contributed by atoms with Crippen molar-refractivity contribution in [1.82, 2.24) is 9.29 Å². The van der Waals surface area contributed by atoms with Gasteiger partial charge in [0, 0.05) is 34.7 Å². The number of nitrogens with one attached hydrogen (secondary N) is 2. The Hall–Kier alpha value is -2.39. The lowest BCUT2D eigenvalue weighted by molar-refractivity contribution is 0.101. The molecule has 3 aromatic rings. The van der Waals surface area contributed by atoms with Gasteiger partial charge in [0.05, 0.1) is 11.0 Å². The molecule has 4 rings (SSSR count). The highest BCUT2D eigenvalue weighted by atomic mass is 35.5. The Morgan fingerprint density at radius 3 is 2.52 bits per heavy atom. The second-order valence-corrected chi connectivity index (χ2v) is 10.0. The second kappa shape index (κ2) is 8.63. The van der Waals surface area contributed by atoms with Gasteiger partial charge in [-0.2, -0.15) is 0 Å². The molecule has 1 fully saturated rings. The zero-order chi connectivity index (χ0) is 22.2. The van der Waals surface area contributed by atoms with Crippen molar-refractivity contribution in [1.29, 1.82) is 0 Å². The molecular formula is C22H24ClN3O4S. The average molecular weight is 462 g/mol. The number of sulfonamides is 1. The first kappa shape index (κ1) is 21.8. The van der Waals surface area contributed by atoms with Gasteiger partial charge >= 0.3 is 0 Å². The summed E-state index contributed by atoms with van der Waals surface area (Å²) in [4.78, 5) is 12.8. The van der Waals surface area contributed by atoms with Gasteiger partial charge in [0.15, 0.2) is 0 Å². The Morgan fingerprint density at radius 2 is 1.81 bits per heavy atom. The van der Waals surface area contributed by atoms with Crippen LogP contribution in [0.2, 0.25) is 5.02 Å². The van der Waals surface area contributed by atoms with Gasteiger partial charge in [-0.3, -0.25) is 4.79 Å². The Labute approximate surface area is 186 Å². The molecule has 9 heteroatoms. The van der Waals surface area contributed by atoms with Gasteiger partial charge in [0.25, 0.3) is 5.91 Å². The first-order valence-corrected chi connectivity index (χ1v) is 12.0. The van der Waals surface area contributed by atoms with Gasteiger partial charge in [-0.25, -0.2) is 13.1 Å². The number of anilines is 1. The van der Waals surface area contributed by atoms with Crippen LogP contribution in [0.15, 0.2) is 53.4 Å². The fourth-order valence-electron chi connectivity index (χ4n) is 3.97. The van der Waals surface area contributed by atoms with E-state index in [-0.39, 0.29) is 10.8 Å². The molecule has 1 amide bonds. The number of aryl methyl sites for hydroxylation is 1. The summed E-state index contributed by atoms with van der Waals surface area (Å²) in [5.41, 5.74) is 1.82. The van der Waals surface area contributed by atoms with Crippen molar-refractivity contribution < 1.29 is 18.3 Å². The number of halogens is 1. The summed E-state index contributed by atoms with van der Waals surface area (Å²) in [7, 11) is -1.96. The third-order valence-corrected chi connectivity index (χ3v) is 7.44. The predicted octanol–water partition coefficient (Wildman–Crippen LogP) is 3.67. The van der Waals surface area contributed by atoms with Crippen molar-refractivity contribution in [2.45, 2.75) is 42.7 Å². The zero-order valence-electron chi connectivity index (χ0n) is 17.0. The zero-order valence-corrected chi connectivity index (χ0v) is 18.6. The smallest absolute Gasteiger partial charge is 0.272 e. The van der Waals surface area contributed by atoms with Gasteiger partial charge < -0.3 is 15.0 Å². The number of amides is 1. The lowest BCUT2D eigenvalue weighted by Crippen LogP contribution is -2.44. The summed E-state index contributed by atoms with van der Waals surface area (Å²) in [6.45, 7) is 0. The van der Waals surface area contributed by atoms with Crippen molar-refractivity contribution in [3.05, 3.63) is 59.2 Å². The number of aliphatic hydroxyl groups excluding tert-OH is 1. The first-order chi connectivity index (χ1) is 14.7. The molecule has 0 spiro atoms. The molecule has 31 heavy (non-hydrogen) atoms. The molecule has 1 aliphatic rings. The number of benzene rings is 2. The molecule has 1 aromatic heterocycles. The number of aromatic nitrogens is 1. The predicted molar refractivity (Wildman–Crippen MR) is 121 cm³/mol. The normalized spacial score (nSPS) is 19.5. The molecule has 1 heterocycles. The van der Waals surface area contributed by atoms with Crippen LogP contribution in [0.1, 0.15) is 36.2 Å². The number of carbonyl (C=O) groups is 1. The molecule has 7 nitrogen and oxygen atoms in total. The van der Waals surface area contributed by atoms with E-state index in [1.54, 1.807) is 41.9 Å². The van der Waals surface area contributed by atoms with Crippen molar-refractivity contribution >= 4 is 44.1 Å². The lowest BCUT2D eigenvalue weighted by atomic mass is 9.93. The number of rotatable bonds is 5. The average Bonchev–Trinajstić information content (AvgIpc) is 3.06. The van der Waals surface area contributed by atoms with Gasteiger partial charge in [-0.15, -0.1) is 0 Å². The molecule has 3 N–H and O–H groups in total. The standard InChI is InChI=1S/C22H24ClN3O4S/c1-26-19-11-6-15(23)12-14(19)13-20(26)22(28)24-16-7-9-17(10-8-16)31(29,30)25-18-4-2-3-5-21(18)27/h6-13,18,21,25,27H,2-5H2,1H3,(H,24,28). The van der Waals surface area contributed by atoms with Crippen LogP contribution < -0.4 is 10.0 Å². The third kappa shape index (κ3) is 4.62. The van der Waals surface area contributed by atoms with Crippen LogP contribution in [0.5, 0.6) is 0 Å². The fourth-order valence-corrected chi connectivity index (χ4v) is 5.45. The van der Waals surface area contributed by atoms with Crippen LogP contribution in [0.3, 0.4) is 0 Å². The SMILES string of the molecule is Cn1c(C(=O)Nc2ccc(S(=O)(=O)NC3CCCCC3O)cc2)cc2cc(Cl)ccc21. The largest absolute Gasteiger partial charge is 0.391 e. The minimum absolute atomic E-state index is 0.0857. The van der Waals surface area contributed by atoms with E-state index in [1.165, 1.54) is 12.1 Å². The van der Waals surface area contributed by atoms with Crippen molar-refractivity contribution in [3.8, 4) is 0 Å². The third-order valence-electron chi connectivity index (χ3n) is 5.70. The van der Waals surface area contributed by atoms with Crippen LogP contribution in [-0.2, 0) is 17.1 Å². The van der Waals surface area contributed by atoms with E-state index in [2.05, 4.69) is 10.0 Å². The molecule has 1 aliphatic carbocycles. The maximum Gasteiger partial charge on any atom is 0.272 e. The molecule has 2 unspecified atom stereocenters. The maximum atomic E-state index is 12.7. The molecular weight excluding hydrogens is 438 g/mol. The van der Waals surface area contributed by atoms with Crippen molar-refractivity contribution in [2.24, 2.45) is 7.05 Å². The number of fused-ring (bicyclic) bond motifs is 1. The monoisotopic (exact) mass is 461 g/mol. The Morgan fingerprint density at radius 1 is 1.10 bits per heavy atom. The van der Waals surface area contributed by atoms with E-state index in [1.807, 2.05) is 6.07 Å². The quantitative estimate of drug-likeness (QED) is 0.539. The molecule has 0 aliphatic heterocycles. The van der Waals surface area contributed by atoms with E-state index in [4.69, 9.17) is 11.6 Å². The van der Waals surface area contributed by atoms with E-state index in [9.17, 15) is 18.3 Å². The number of nitrogens with zero attached hydrogens (tertiary/aromatic N) is 1. The minimum Gasteiger partial charge on any atom is -0.391 e. The number of aliphatic hydroxyl groups is 1. The summed E-state index contributed by atoms with van der Waals surface area (Å²) in [5, 5.41) is 14.3. The Bertz CT molecular complexity index is 1220. The van der Waals surface area contributed by atoms with Gasteiger partial charge in [-0.1, -0.05) is 24.4 Å². The minimum atomic E-state index is -3.76. The topological polar surface area (TPSA) is 100 Å². The molecule has 1 saturated carbocycles. The van der Waals surface area contributed by atoms with Crippen LogP contribution >= 0.6 is 11.6 Å². The number of hydrogen-bond acceptors (Lipinski definition) is 4. The summed E-state index contributed by atoms with van der Waals surface area (Å²) in [6, 6.07) is 12.7. The highest BCUT2D eigenvalue weighted by molar-refractivity contribution is 7.89. The molecule has 2 atom stereocenters. The van der Waals surface area contributed by atoms with E-state index >= 15 is 0 Å². The van der Waals surface area contributed by atoms with Gasteiger partial charge in [0.2, 0.25) is 10.0 Å². The van der Waals surface area contributed by atoms with Crippen LogP contribution in [0.4, 0.5) is 5.69 Å². The molecule has 0 saturated heterocycles. The highest BCUT2D eigenvalue weighted by Crippen LogP contribution is 2.24. The van der Waals surface area contributed by atoms with Gasteiger partial charge in [-0.05, 0) is 61.4 Å². The van der Waals surface area contributed by atoms with Crippen LogP contribution in [-0.4, -0.2) is 36.1 Å². The Balaban J connectivity index is 1.48. The molecule has 2 aromatic carbocycles. The molecule has 164 valence electrons. The highest BCUT2D eigenvalue weighted by Gasteiger charge is 2.28. The number of carbonyl (C=O) groups excluding carboxylic acids is 1. The first-order valence-electron chi connectivity index (χ1n) is 10.1. The maximum absolute atomic E-state index is 12.7. The van der Waals surface area contributed by atoms with E-state index in [0.29, 0.717) is 29.2 Å². The Kier molecular flexibility index (Phi) is 6.07. The van der Waals surface area contributed by atoms with Gasteiger partial charge in [0.1, 0.15) is 5.69 Å². The fraction of sp³-hybridized carbons (Fsp3) is 0.318. The van der Waals surface area contributed by atoms with E-state index < -0.39 is 22.2 Å². The van der Waals surface area contributed by atoms with Crippen molar-refractivity contribution in [2.75, 3.05) is 5.32 Å². The van der Waals surface area contributed by atoms with Crippen LogP contribution in [0, 0.1) is 0 Å². The molecule has 0 radical (unpaired) electrons. The van der Waals surface area contributed by atoms with E-state index in [0.717, 1.165) is 23.7 Å². The molecule has 0 bridgehead atoms.